The van der Waals surface area contributed by atoms with Crippen molar-refractivity contribution in [2.24, 2.45) is 0 Å². The standard InChI is InChI=1S/C26H20BrCl2N3O3/c1-15-12-19(27)10-11-21(15)31-24(33)17-8-6-16(7-9-17)13-30-23-22(29)25(34)32(26(23)35)14-18-4-2-3-5-20(18)28/h2-12,30H,13-14H2,1H3,(H,31,33). The lowest BCUT2D eigenvalue weighted by Gasteiger charge is -2.16. The molecule has 178 valence electrons. The molecule has 0 fully saturated rings. The Balaban J connectivity index is 1.38. The van der Waals surface area contributed by atoms with Crippen molar-refractivity contribution in [3.63, 3.8) is 0 Å². The molecule has 1 aliphatic rings. The van der Waals surface area contributed by atoms with E-state index < -0.39 is 11.8 Å². The van der Waals surface area contributed by atoms with E-state index in [0.29, 0.717) is 16.1 Å². The van der Waals surface area contributed by atoms with Crippen molar-refractivity contribution in [1.29, 1.82) is 0 Å². The zero-order valence-electron chi connectivity index (χ0n) is 18.6. The molecule has 1 aliphatic heterocycles. The first-order chi connectivity index (χ1) is 16.7. The summed E-state index contributed by atoms with van der Waals surface area (Å²) in [7, 11) is 0. The summed E-state index contributed by atoms with van der Waals surface area (Å²) in [6, 6.07) is 19.6. The van der Waals surface area contributed by atoms with Gasteiger partial charge in [0.2, 0.25) is 0 Å². The highest BCUT2D eigenvalue weighted by Crippen LogP contribution is 2.26. The molecule has 0 saturated carbocycles. The van der Waals surface area contributed by atoms with Crippen LogP contribution in [0, 0.1) is 6.92 Å². The van der Waals surface area contributed by atoms with E-state index in [0.717, 1.165) is 26.2 Å². The van der Waals surface area contributed by atoms with Crippen molar-refractivity contribution in [3.05, 3.63) is 109 Å². The monoisotopic (exact) mass is 571 g/mol. The highest BCUT2D eigenvalue weighted by molar-refractivity contribution is 9.10. The molecule has 35 heavy (non-hydrogen) atoms. The lowest BCUT2D eigenvalue weighted by molar-refractivity contribution is -0.138. The van der Waals surface area contributed by atoms with Crippen LogP contribution in [-0.2, 0) is 22.7 Å². The molecule has 4 rings (SSSR count). The van der Waals surface area contributed by atoms with Gasteiger partial charge in [-0.2, -0.15) is 0 Å². The highest BCUT2D eigenvalue weighted by Gasteiger charge is 2.37. The lowest BCUT2D eigenvalue weighted by atomic mass is 10.1. The molecule has 3 amide bonds. The zero-order valence-corrected chi connectivity index (χ0v) is 21.7. The summed E-state index contributed by atoms with van der Waals surface area (Å²) in [5.74, 6) is -1.32. The number of benzene rings is 3. The van der Waals surface area contributed by atoms with Crippen LogP contribution in [0.15, 0.2) is 81.9 Å². The average Bonchev–Trinajstić information content (AvgIpc) is 3.04. The number of amides is 3. The highest BCUT2D eigenvalue weighted by atomic mass is 79.9. The van der Waals surface area contributed by atoms with Gasteiger partial charge in [0.05, 0.1) is 6.54 Å². The number of carbonyl (C=O) groups is 3. The number of carbonyl (C=O) groups excluding carboxylic acids is 3. The van der Waals surface area contributed by atoms with Gasteiger partial charge in [0.25, 0.3) is 17.7 Å². The molecular weight excluding hydrogens is 553 g/mol. The number of nitrogens with one attached hydrogen (secondary N) is 2. The Bertz CT molecular complexity index is 1360. The molecule has 1 heterocycles. The van der Waals surface area contributed by atoms with Crippen LogP contribution in [0.2, 0.25) is 5.02 Å². The maximum Gasteiger partial charge on any atom is 0.278 e. The van der Waals surface area contributed by atoms with Gasteiger partial charge in [-0.3, -0.25) is 19.3 Å². The minimum Gasteiger partial charge on any atom is -0.375 e. The number of hydrogen-bond donors (Lipinski definition) is 2. The summed E-state index contributed by atoms with van der Waals surface area (Å²) >= 11 is 15.7. The van der Waals surface area contributed by atoms with Crippen molar-refractivity contribution >= 4 is 62.5 Å². The molecule has 0 unspecified atom stereocenters. The first kappa shape index (κ1) is 25.0. The quantitative estimate of drug-likeness (QED) is 0.352. The predicted molar refractivity (Wildman–Crippen MR) is 140 cm³/mol. The fourth-order valence-corrected chi connectivity index (χ4v) is 4.49. The molecule has 0 radical (unpaired) electrons. The second kappa shape index (κ2) is 10.6. The van der Waals surface area contributed by atoms with Crippen LogP contribution >= 0.6 is 39.1 Å². The smallest absolute Gasteiger partial charge is 0.278 e. The summed E-state index contributed by atoms with van der Waals surface area (Å²) in [4.78, 5) is 39.0. The summed E-state index contributed by atoms with van der Waals surface area (Å²) in [6.45, 7) is 2.19. The fourth-order valence-electron chi connectivity index (χ4n) is 3.57. The Morgan fingerprint density at radius 3 is 2.37 bits per heavy atom. The van der Waals surface area contributed by atoms with Crippen molar-refractivity contribution in [2.45, 2.75) is 20.0 Å². The second-order valence-corrected chi connectivity index (χ2v) is 9.64. The topological polar surface area (TPSA) is 78.5 Å². The van der Waals surface area contributed by atoms with Crippen LogP contribution in [0.4, 0.5) is 5.69 Å². The number of anilines is 1. The van der Waals surface area contributed by atoms with Crippen molar-refractivity contribution in [1.82, 2.24) is 10.2 Å². The Morgan fingerprint density at radius 1 is 0.971 bits per heavy atom. The molecule has 3 aromatic carbocycles. The molecule has 0 bridgehead atoms. The predicted octanol–water partition coefficient (Wildman–Crippen LogP) is 5.77. The van der Waals surface area contributed by atoms with E-state index in [9.17, 15) is 14.4 Å². The van der Waals surface area contributed by atoms with E-state index in [1.807, 2.05) is 25.1 Å². The largest absolute Gasteiger partial charge is 0.375 e. The molecule has 3 aromatic rings. The fraction of sp³-hybridized carbons (Fsp3) is 0.115. The number of imide groups is 1. The van der Waals surface area contributed by atoms with Crippen molar-refractivity contribution in [3.8, 4) is 0 Å². The van der Waals surface area contributed by atoms with Gasteiger partial charge >= 0.3 is 0 Å². The average molecular weight is 573 g/mol. The molecule has 0 spiro atoms. The van der Waals surface area contributed by atoms with Gasteiger partial charge in [0, 0.05) is 27.3 Å². The summed E-state index contributed by atoms with van der Waals surface area (Å²) in [6.07, 6.45) is 0. The normalized spacial score (nSPS) is 13.4. The summed E-state index contributed by atoms with van der Waals surface area (Å²) < 4.78 is 0.939. The van der Waals surface area contributed by atoms with E-state index in [2.05, 4.69) is 26.6 Å². The second-order valence-electron chi connectivity index (χ2n) is 7.94. The molecule has 0 aromatic heterocycles. The van der Waals surface area contributed by atoms with E-state index in [1.54, 1.807) is 48.5 Å². The minimum absolute atomic E-state index is 0.0282. The van der Waals surface area contributed by atoms with Gasteiger partial charge < -0.3 is 10.6 Å². The third-order valence-corrected chi connectivity index (χ3v) is 6.73. The van der Waals surface area contributed by atoms with Crippen LogP contribution in [0.25, 0.3) is 0 Å². The molecule has 0 aliphatic carbocycles. The number of aryl methyl sites for hydroxylation is 1. The first-order valence-corrected chi connectivity index (χ1v) is 12.2. The maximum atomic E-state index is 12.8. The number of nitrogens with zero attached hydrogens (tertiary/aromatic N) is 1. The molecule has 9 heteroatoms. The van der Waals surface area contributed by atoms with Crippen LogP contribution < -0.4 is 10.6 Å². The van der Waals surface area contributed by atoms with Gasteiger partial charge in [-0.25, -0.2) is 0 Å². The Morgan fingerprint density at radius 2 is 1.69 bits per heavy atom. The summed E-state index contributed by atoms with van der Waals surface area (Å²) in [5, 5.41) is 6.15. The third kappa shape index (κ3) is 5.59. The Kier molecular flexibility index (Phi) is 7.60. The van der Waals surface area contributed by atoms with E-state index in [4.69, 9.17) is 23.2 Å². The van der Waals surface area contributed by atoms with Gasteiger partial charge in [0.15, 0.2) is 0 Å². The molecule has 0 saturated heterocycles. The van der Waals surface area contributed by atoms with E-state index in [1.165, 1.54) is 0 Å². The van der Waals surface area contributed by atoms with E-state index >= 15 is 0 Å². The van der Waals surface area contributed by atoms with Gasteiger partial charge in [-0.05, 0) is 60.0 Å². The van der Waals surface area contributed by atoms with Crippen molar-refractivity contribution < 1.29 is 14.4 Å². The third-order valence-electron chi connectivity index (χ3n) is 5.52. The number of rotatable bonds is 7. The molecule has 0 atom stereocenters. The number of hydrogen-bond acceptors (Lipinski definition) is 4. The number of halogens is 3. The van der Waals surface area contributed by atoms with Gasteiger partial charge in [-0.15, -0.1) is 0 Å². The first-order valence-electron chi connectivity index (χ1n) is 10.6. The van der Waals surface area contributed by atoms with Crippen LogP contribution in [0.3, 0.4) is 0 Å². The van der Waals surface area contributed by atoms with Crippen LogP contribution in [-0.4, -0.2) is 22.6 Å². The molecule has 6 nitrogen and oxygen atoms in total. The Labute approximate surface area is 221 Å². The molecular formula is C26H20BrCl2N3O3. The maximum absolute atomic E-state index is 12.8. The van der Waals surface area contributed by atoms with Crippen LogP contribution in [0.5, 0.6) is 0 Å². The SMILES string of the molecule is Cc1cc(Br)ccc1NC(=O)c1ccc(CNC2=C(Cl)C(=O)N(Cc3ccccc3Cl)C2=O)cc1. The zero-order chi connectivity index (χ0) is 25.1. The molecule has 2 N–H and O–H groups in total. The van der Waals surface area contributed by atoms with Crippen LogP contribution in [0.1, 0.15) is 27.0 Å². The lowest BCUT2D eigenvalue weighted by Crippen LogP contribution is -2.33. The van der Waals surface area contributed by atoms with Gasteiger partial charge in [-0.1, -0.05) is 69.5 Å². The summed E-state index contributed by atoms with van der Waals surface area (Å²) in [5.41, 5.74) is 3.66. The van der Waals surface area contributed by atoms with E-state index in [-0.39, 0.29) is 29.7 Å². The van der Waals surface area contributed by atoms with Gasteiger partial charge in [0.1, 0.15) is 10.7 Å². The minimum atomic E-state index is -0.575. The van der Waals surface area contributed by atoms with Crippen molar-refractivity contribution in [2.75, 3.05) is 5.32 Å². The Hall–Kier alpha value is -3.13.